The lowest BCUT2D eigenvalue weighted by atomic mass is 10.1. The Balaban J connectivity index is 2.38. The number of hydrogen-bond donors (Lipinski definition) is 4. The summed E-state index contributed by atoms with van der Waals surface area (Å²) in [5, 5.41) is 10.7. The van der Waals surface area contributed by atoms with E-state index in [9.17, 15) is 24.0 Å². The topological polar surface area (TPSA) is 133 Å². The predicted octanol–water partition coefficient (Wildman–Crippen LogP) is 2.87. The van der Waals surface area contributed by atoms with Crippen LogP contribution in [0.4, 0.5) is 15.3 Å². The SMILES string of the molecule is CC(=O)CCC(NC(=O)NC(CCCCNC(=O)Nc1ccccc1C)C(C)=O)C(C)=O. The molecule has 1 aromatic rings. The van der Waals surface area contributed by atoms with E-state index in [0.29, 0.717) is 25.8 Å². The molecule has 0 heterocycles. The van der Waals surface area contributed by atoms with E-state index in [-0.39, 0.29) is 36.2 Å². The molecule has 176 valence electrons. The summed E-state index contributed by atoms with van der Waals surface area (Å²) < 4.78 is 0. The Bertz CT molecular complexity index is 824. The van der Waals surface area contributed by atoms with Crippen LogP contribution in [0.1, 0.15) is 58.4 Å². The fraction of sp³-hybridized carbons (Fsp3) is 0.522. The maximum Gasteiger partial charge on any atom is 0.319 e. The standard InChI is InChI=1S/C23H34N4O5/c1-15-9-5-6-10-19(15)25-22(31)24-14-8-7-11-20(17(3)29)26-23(32)27-21(18(4)30)13-12-16(2)28/h5-6,9-10,20-21H,7-8,11-14H2,1-4H3,(H2,24,25,31)(H2,26,27,32). The maximum atomic E-state index is 12.2. The number of para-hydroxylation sites is 1. The molecule has 2 unspecified atom stereocenters. The molecule has 4 N–H and O–H groups in total. The number of Topliss-reactive ketones (excluding diaryl/α,β-unsaturated/α-hetero) is 3. The van der Waals surface area contributed by atoms with Crippen molar-refractivity contribution in [2.24, 2.45) is 0 Å². The zero-order valence-corrected chi connectivity index (χ0v) is 19.2. The van der Waals surface area contributed by atoms with Gasteiger partial charge in [0, 0.05) is 18.7 Å². The van der Waals surface area contributed by atoms with Gasteiger partial charge in [0.05, 0.1) is 12.1 Å². The highest BCUT2D eigenvalue weighted by atomic mass is 16.2. The van der Waals surface area contributed by atoms with Crippen LogP contribution in [-0.2, 0) is 14.4 Å². The van der Waals surface area contributed by atoms with Crippen LogP contribution in [0.15, 0.2) is 24.3 Å². The Labute approximate surface area is 189 Å². The average Bonchev–Trinajstić information content (AvgIpc) is 2.71. The molecular formula is C23H34N4O5. The van der Waals surface area contributed by atoms with Crippen LogP contribution in [0.5, 0.6) is 0 Å². The van der Waals surface area contributed by atoms with Crippen LogP contribution < -0.4 is 21.3 Å². The van der Waals surface area contributed by atoms with Gasteiger partial charge in [-0.3, -0.25) is 9.59 Å². The molecular weight excluding hydrogens is 412 g/mol. The third kappa shape index (κ3) is 10.7. The van der Waals surface area contributed by atoms with E-state index >= 15 is 0 Å². The first-order valence-corrected chi connectivity index (χ1v) is 10.8. The summed E-state index contributed by atoms with van der Waals surface area (Å²) in [5.74, 6) is -0.523. The van der Waals surface area contributed by atoms with Crippen molar-refractivity contribution >= 4 is 35.1 Å². The number of hydrogen-bond acceptors (Lipinski definition) is 5. The molecule has 9 heteroatoms. The molecule has 0 fully saturated rings. The van der Waals surface area contributed by atoms with Gasteiger partial charge in [0.15, 0.2) is 11.6 Å². The lowest BCUT2D eigenvalue weighted by Crippen LogP contribution is -2.50. The van der Waals surface area contributed by atoms with Gasteiger partial charge >= 0.3 is 12.1 Å². The minimum atomic E-state index is -0.775. The lowest BCUT2D eigenvalue weighted by molar-refractivity contribution is -0.120. The first-order chi connectivity index (χ1) is 15.1. The zero-order chi connectivity index (χ0) is 24.1. The number of amides is 4. The minimum absolute atomic E-state index is 0.0683. The van der Waals surface area contributed by atoms with Gasteiger partial charge in [-0.05, 0) is 65.0 Å². The summed E-state index contributed by atoms with van der Waals surface area (Å²) in [6.45, 7) is 6.48. The highest BCUT2D eigenvalue weighted by molar-refractivity contribution is 5.91. The normalized spacial score (nSPS) is 12.2. The fourth-order valence-electron chi connectivity index (χ4n) is 3.01. The van der Waals surface area contributed by atoms with Gasteiger partial charge in [0.1, 0.15) is 5.78 Å². The molecule has 0 radical (unpaired) electrons. The first-order valence-electron chi connectivity index (χ1n) is 10.8. The molecule has 2 atom stereocenters. The van der Waals surface area contributed by atoms with Gasteiger partial charge in [-0.25, -0.2) is 9.59 Å². The van der Waals surface area contributed by atoms with Crippen LogP contribution >= 0.6 is 0 Å². The Kier molecular flexibility index (Phi) is 11.7. The van der Waals surface area contributed by atoms with Crippen molar-refractivity contribution in [2.45, 2.75) is 71.9 Å². The molecule has 0 saturated carbocycles. The van der Waals surface area contributed by atoms with Gasteiger partial charge in [-0.15, -0.1) is 0 Å². The van der Waals surface area contributed by atoms with Crippen molar-refractivity contribution in [3.63, 3.8) is 0 Å². The molecule has 0 spiro atoms. The van der Waals surface area contributed by atoms with Gasteiger partial charge in [0.25, 0.3) is 0 Å². The van der Waals surface area contributed by atoms with Gasteiger partial charge in [-0.1, -0.05) is 18.2 Å². The molecule has 1 aromatic carbocycles. The van der Waals surface area contributed by atoms with Crippen LogP contribution in [0.25, 0.3) is 0 Å². The van der Waals surface area contributed by atoms with Crippen molar-refractivity contribution in [3.8, 4) is 0 Å². The largest absolute Gasteiger partial charge is 0.338 e. The first kappa shape index (κ1) is 26.8. The number of rotatable bonds is 13. The Morgan fingerprint density at radius 3 is 1.97 bits per heavy atom. The number of carbonyl (C=O) groups is 5. The van der Waals surface area contributed by atoms with Crippen molar-refractivity contribution in [3.05, 3.63) is 29.8 Å². The number of anilines is 1. The van der Waals surface area contributed by atoms with Crippen molar-refractivity contribution in [2.75, 3.05) is 11.9 Å². The minimum Gasteiger partial charge on any atom is -0.338 e. The second kappa shape index (κ2) is 14.0. The number of benzene rings is 1. The molecule has 0 aliphatic heterocycles. The molecule has 9 nitrogen and oxygen atoms in total. The molecule has 0 aliphatic rings. The number of nitrogens with one attached hydrogen (secondary N) is 4. The summed E-state index contributed by atoms with van der Waals surface area (Å²) in [7, 11) is 0. The summed E-state index contributed by atoms with van der Waals surface area (Å²) >= 11 is 0. The Hall–Kier alpha value is -3.23. The molecule has 32 heavy (non-hydrogen) atoms. The second-order valence-electron chi connectivity index (χ2n) is 7.88. The Morgan fingerprint density at radius 1 is 0.812 bits per heavy atom. The van der Waals surface area contributed by atoms with Crippen LogP contribution in [-0.4, -0.2) is 48.0 Å². The molecule has 0 aromatic heterocycles. The lowest BCUT2D eigenvalue weighted by Gasteiger charge is -2.20. The average molecular weight is 447 g/mol. The third-order valence-electron chi connectivity index (χ3n) is 4.98. The summed E-state index contributed by atoms with van der Waals surface area (Å²) in [4.78, 5) is 58.9. The quantitative estimate of drug-likeness (QED) is 0.346. The van der Waals surface area contributed by atoms with E-state index in [0.717, 1.165) is 11.3 Å². The molecule has 0 aliphatic carbocycles. The van der Waals surface area contributed by atoms with Crippen molar-refractivity contribution < 1.29 is 24.0 Å². The van der Waals surface area contributed by atoms with E-state index < -0.39 is 18.1 Å². The monoisotopic (exact) mass is 446 g/mol. The van der Waals surface area contributed by atoms with Gasteiger partial charge < -0.3 is 26.1 Å². The third-order valence-corrected chi connectivity index (χ3v) is 4.98. The second-order valence-corrected chi connectivity index (χ2v) is 7.88. The van der Waals surface area contributed by atoms with Crippen molar-refractivity contribution in [1.29, 1.82) is 0 Å². The predicted molar refractivity (Wildman–Crippen MR) is 123 cm³/mol. The molecule has 0 saturated heterocycles. The van der Waals surface area contributed by atoms with Crippen LogP contribution in [0, 0.1) is 6.92 Å². The van der Waals surface area contributed by atoms with Crippen LogP contribution in [0.2, 0.25) is 0 Å². The summed E-state index contributed by atoms with van der Waals surface area (Å²) in [5.41, 5.74) is 1.70. The Morgan fingerprint density at radius 2 is 1.41 bits per heavy atom. The number of urea groups is 2. The molecule has 1 rings (SSSR count). The van der Waals surface area contributed by atoms with Gasteiger partial charge in [-0.2, -0.15) is 0 Å². The number of unbranched alkanes of at least 4 members (excludes halogenated alkanes) is 1. The maximum absolute atomic E-state index is 12.2. The number of ketones is 3. The van der Waals surface area contributed by atoms with Gasteiger partial charge in [0.2, 0.25) is 0 Å². The smallest absolute Gasteiger partial charge is 0.319 e. The van der Waals surface area contributed by atoms with Crippen LogP contribution in [0.3, 0.4) is 0 Å². The van der Waals surface area contributed by atoms with Crippen molar-refractivity contribution in [1.82, 2.24) is 16.0 Å². The molecule has 0 bridgehead atoms. The fourth-order valence-corrected chi connectivity index (χ4v) is 3.01. The number of aryl methyl sites for hydroxylation is 1. The van der Waals surface area contributed by atoms with E-state index in [4.69, 9.17) is 0 Å². The van der Waals surface area contributed by atoms with E-state index in [1.165, 1.54) is 20.8 Å². The molecule has 4 amide bonds. The van der Waals surface area contributed by atoms with E-state index in [2.05, 4.69) is 21.3 Å². The van der Waals surface area contributed by atoms with E-state index in [1.807, 2.05) is 31.2 Å². The highest BCUT2D eigenvalue weighted by Gasteiger charge is 2.21. The summed E-state index contributed by atoms with van der Waals surface area (Å²) in [6.07, 6.45) is 2.05. The highest BCUT2D eigenvalue weighted by Crippen LogP contribution is 2.12. The zero-order valence-electron chi connectivity index (χ0n) is 19.2. The van der Waals surface area contributed by atoms with E-state index in [1.54, 1.807) is 0 Å². The number of carbonyl (C=O) groups excluding carboxylic acids is 5. The summed E-state index contributed by atoms with van der Waals surface area (Å²) in [6, 6.07) is 5.06.